The number of carbonyl (C=O) groups excluding carboxylic acids is 2. The van der Waals surface area contributed by atoms with Crippen LogP contribution in [0.2, 0.25) is 5.02 Å². The van der Waals surface area contributed by atoms with Gasteiger partial charge in [0.25, 0.3) is 5.91 Å². The lowest BCUT2D eigenvalue weighted by Gasteiger charge is -2.09. The first kappa shape index (κ1) is 16.7. The summed E-state index contributed by atoms with van der Waals surface area (Å²) in [6.45, 7) is -0.728. The van der Waals surface area contributed by atoms with Crippen LogP contribution in [0.3, 0.4) is 0 Å². The van der Waals surface area contributed by atoms with Crippen LogP contribution in [0.4, 0.5) is 20.2 Å². The quantitative estimate of drug-likeness (QED) is 0.662. The number of anilines is 2. The molecule has 0 spiro atoms. The molecule has 0 atom stereocenters. The molecule has 0 radical (unpaired) electrons. The Hall–Kier alpha value is -2.67. The van der Waals surface area contributed by atoms with Crippen molar-refractivity contribution in [2.75, 3.05) is 17.7 Å². The van der Waals surface area contributed by atoms with Gasteiger partial charge in [0.15, 0.2) is 6.61 Å². The molecule has 0 bridgehead atoms. The van der Waals surface area contributed by atoms with Gasteiger partial charge in [0, 0.05) is 10.7 Å². The highest BCUT2D eigenvalue weighted by Gasteiger charge is 2.16. The summed E-state index contributed by atoms with van der Waals surface area (Å²) < 4.78 is 31.5. The molecule has 0 aromatic heterocycles. The van der Waals surface area contributed by atoms with E-state index in [0.29, 0.717) is 5.02 Å². The molecule has 0 saturated carbocycles. The number of nitrogens with two attached hydrogens (primary N) is 1. The summed E-state index contributed by atoms with van der Waals surface area (Å²) in [6, 6.07) is 7.26. The van der Waals surface area contributed by atoms with Gasteiger partial charge in [0.2, 0.25) is 0 Å². The molecule has 0 saturated heterocycles. The van der Waals surface area contributed by atoms with E-state index in [1.54, 1.807) is 0 Å². The maximum Gasteiger partial charge on any atom is 0.340 e. The van der Waals surface area contributed by atoms with Crippen LogP contribution in [0.25, 0.3) is 0 Å². The fourth-order valence-electron chi connectivity index (χ4n) is 1.72. The minimum absolute atomic E-state index is 0.0271. The van der Waals surface area contributed by atoms with Crippen molar-refractivity contribution >= 4 is 34.9 Å². The average molecular weight is 341 g/mol. The largest absolute Gasteiger partial charge is 0.452 e. The van der Waals surface area contributed by atoms with E-state index < -0.39 is 35.8 Å². The van der Waals surface area contributed by atoms with Crippen LogP contribution in [0.5, 0.6) is 0 Å². The molecule has 0 fully saturated rings. The first-order valence-electron chi connectivity index (χ1n) is 6.34. The molecule has 0 aliphatic carbocycles. The molecular weight excluding hydrogens is 330 g/mol. The third-order valence-electron chi connectivity index (χ3n) is 2.80. The molecule has 2 rings (SSSR count). The van der Waals surface area contributed by atoms with Crippen molar-refractivity contribution in [1.29, 1.82) is 0 Å². The number of nitrogen functional groups attached to an aromatic ring is 1. The number of hydrogen-bond acceptors (Lipinski definition) is 4. The molecule has 5 nitrogen and oxygen atoms in total. The summed E-state index contributed by atoms with van der Waals surface area (Å²) in [4.78, 5) is 23.4. The van der Waals surface area contributed by atoms with Gasteiger partial charge < -0.3 is 15.8 Å². The second-order valence-corrected chi connectivity index (χ2v) is 4.89. The maximum absolute atomic E-state index is 13.4. The zero-order chi connectivity index (χ0) is 17.0. The van der Waals surface area contributed by atoms with Crippen molar-refractivity contribution in [3.63, 3.8) is 0 Å². The smallest absolute Gasteiger partial charge is 0.340 e. The van der Waals surface area contributed by atoms with E-state index in [2.05, 4.69) is 0 Å². The van der Waals surface area contributed by atoms with Crippen molar-refractivity contribution in [1.82, 2.24) is 0 Å². The molecular formula is C15H11ClF2N2O3. The Morgan fingerprint density at radius 2 is 1.83 bits per heavy atom. The lowest BCUT2D eigenvalue weighted by Crippen LogP contribution is -2.22. The number of hydrogen-bond donors (Lipinski definition) is 2. The summed E-state index contributed by atoms with van der Waals surface area (Å²) in [5, 5.41) is 2.33. The molecule has 2 aromatic carbocycles. The number of rotatable bonds is 4. The number of benzene rings is 2. The Morgan fingerprint density at radius 3 is 2.43 bits per heavy atom. The summed E-state index contributed by atoms with van der Waals surface area (Å²) in [5.74, 6) is -3.63. The number of halogens is 3. The standard InChI is InChI=1S/C15H11ClF2N2O3/c16-8-4-5-9(12(19)6-8)15(22)23-7-13(21)20-14-10(17)2-1-3-11(14)18/h1-6H,7,19H2,(H,20,21). The molecule has 120 valence electrons. The van der Waals surface area contributed by atoms with E-state index in [-0.39, 0.29) is 11.3 Å². The van der Waals surface area contributed by atoms with Crippen molar-refractivity contribution in [2.24, 2.45) is 0 Å². The number of para-hydroxylation sites is 1. The van der Waals surface area contributed by atoms with Gasteiger partial charge >= 0.3 is 5.97 Å². The second kappa shape index (κ2) is 7.06. The highest BCUT2D eigenvalue weighted by Crippen LogP contribution is 2.19. The van der Waals surface area contributed by atoms with Crippen LogP contribution < -0.4 is 11.1 Å². The van der Waals surface area contributed by atoms with Crippen LogP contribution in [0, 0.1) is 11.6 Å². The number of ether oxygens (including phenoxy) is 1. The van der Waals surface area contributed by atoms with Crippen molar-refractivity contribution in [2.45, 2.75) is 0 Å². The second-order valence-electron chi connectivity index (χ2n) is 4.45. The molecule has 0 unspecified atom stereocenters. The van der Waals surface area contributed by atoms with Gasteiger partial charge in [-0.05, 0) is 30.3 Å². The minimum Gasteiger partial charge on any atom is -0.452 e. The Kier molecular flexibility index (Phi) is 5.13. The lowest BCUT2D eigenvalue weighted by molar-refractivity contribution is -0.119. The molecule has 0 aliphatic rings. The van der Waals surface area contributed by atoms with Crippen LogP contribution in [0.15, 0.2) is 36.4 Å². The third-order valence-corrected chi connectivity index (χ3v) is 3.03. The van der Waals surface area contributed by atoms with Gasteiger partial charge in [-0.3, -0.25) is 4.79 Å². The average Bonchev–Trinajstić information content (AvgIpc) is 2.49. The van der Waals surface area contributed by atoms with Gasteiger partial charge in [0.05, 0.1) is 5.56 Å². The summed E-state index contributed by atoms with van der Waals surface area (Å²) >= 11 is 5.70. The first-order valence-corrected chi connectivity index (χ1v) is 6.72. The van der Waals surface area contributed by atoms with E-state index in [4.69, 9.17) is 22.1 Å². The van der Waals surface area contributed by atoms with Crippen LogP contribution in [-0.2, 0) is 9.53 Å². The minimum atomic E-state index is -0.938. The third kappa shape index (κ3) is 4.17. The zero-order valence-electron chi connectivity index (χ0n) is 11.6. The SMILES string of the molecule is Nc1cc(Cl)ccc1C(=O)OCC(=O)Nc1c(F)cccc1F. The van der Waals surface area contributed by atoms with Gasteiger partial charge in [-0.25, -0.2) is 13.6 Å². The molecule has 23 heavy (non-hydrogen) atoms. The van der Waals surface area contributed by atoms with Crippen molar-refractivity contribution in [3.8, 4) is 0 Å². The van der Waals surface area contributed by atoms with Gasteiger partial charge in [-0.15, -0.1) is 0 Å². The van der Waals surface area contributed by atoms with E-state index in [0.717, 1.165) is 18.2 Å². The Labute approximate surface area is 135 Å². The summed E-state index contributed by atoms with van der Waals surface area (Å²) in [5.41, 5.74) is 5.11. The van der Waals surface area contributed by atoms with Crippen LogP contribution in [0.1, 0.15) is 10.4 Å². The topological polar surface area (TPSA) is 81.4 Å². The predicted octanol–water partition coefficient (Wildman–Crippen LogP) is 3.00. The van der Waals surface area contributed by atoms with Crippen molar-refractivity contribution in [3.05, 3.63) is 58.6 Å². The van der Waals surface area contributed by atoms with Crippen LogP contribution >= 0.6 is 11.6 Å². The van der Waals surface area contributed by atoms with E-state index in [1.165, 1.54) is 18.2 Å². The summed E-state index contributed by atoms with van der Waals surface area (Å²) in [7, 11) is 0. The summed E-state index contributed by atoms with van der Waals surface area (Å²) in [6.07, 6.45) is 0. The molecule has 0 aliphatic heterocycles. The lowest BCUT2D eigenvalue weighted by atomic mass is 10.2. The number of nitrogens with one attached hydrogen (secondary N) is 1. The molecule has 3 N–H and O–H groups in total. The van der Waals surface area contributed by atoms with Crippen LogP contribution in [-0.4, -0.2) is 18.5 Å². The Balaban J connectivity index is 1.98. The number of esters is 1. The first-order chi connectivity index (χ1) is 10.9. The van der Waals surface area contributed by atoms with E-state index in [1.807, 2.05) is 5.32 Å². The normalized spacial score (nSPS) is 10.2. The molecule has 0 heterocycles. The van der Waals surface area contributed by atoms with E-state index in [9.17, 15) is 18.4 Å². The Morgan fingerprint density at radius 1 is 1.17 bits per heavy atom. The fraction of sp³-hybridized carbons (Fsp3) is 0.0667. The van der Waals surface area contributed by atoms with Gasteiger partial charge in [-0.1, -0.05) is 17.7 Å². The predicted molar refractivity (Wildman–Crippen MR) is 81.1 cm³/mol. The number of amides is 1. The highest BCUT2D eigenvalue weighted by molar-refractivity contribution is 6.31. The number of carbonyl (C=O) groups is 2. The monoisotopic (exact) mass is 340 g/mol. The molecule has 1 amide bonds. The van der Waals surface area contributed by atoms with E-state index >= 15 is 0 Å². The molecule has 2 aromatic rings. The van der Waals surface area contributed by atoms with Gasteiger partial charge in [-0.2, -0.15) is 0 Å². The molecule has 8 heteroatoms. The maximum atomic E-state index is 13.4. The Bertz CT molecular complexity index is 748. The fourth-order valence-corrected chi connectivity index (χ4v) is 1.90. The highest BCUT2D eigenvalue weighted by atomic mass is 35.5. The van der Waals surface area contributed by atoms with Gasteiger partial charge in [0.1, 0.15) is 17.3 Å². The van der Waals surface area contributed by atoms with Crippen molar-refractivity contribution < 1.29 is 23.1 Å². The zero-order valence-corrected chi connectivity index (χ0v) is 12.4.